The fourth-order valence-electron chi connectivity index (χ4n) is 1.22. The summed E-state index contributed by atoms with van der Waals surface area (Å²) in [5.74, 6) is 1.84. The van der Waals surface area contributed by atoms with Crippen LogP contribution in [0.25, 0.3) is 0 Å². The van der Waals surface area contributed by atoms with Gasteiger partial charge in [-0.05, 0) is 15.9 Å². The summed E-state index contributed by atoms with van der Waals surface area (Å²) in [5.41, 5.74) is 0. The summed E-state index contributed by atoms with van der Waals surface area (Å²) in [6.07, 6.45) is 3.85. The third-order valence-corrected chi connectivity index (χ3v) is 2.56. The van der Waals surface area contributed by atoms with Crippen molar-refractivity contribution in [3.8, 4) is 5.88 Å². The Hall–Kier alpha value is -1.70. The largest absolute Gasteiger partial charge is 0.480 e. The van der Waals surface area contributed by atoms with Gasteiger partial charge in [0.25, 0.3) is 0 Å². The van der Waals surface area contributed by atoms with E-state index in [1.807, 2.05) is 0 Å². The van der Waals surface area contributed by atoms with E-state index in [2.05, 4.69) is 46.4 Å². The molecule has 0 spiro atoms. The highest BCUT2D eigenvalue weighted by atomic mass is 79.9. The summed E-state index contributed by atoms with van der Waals surface area (Å²) in [6.45, 7) is 0.667. The van der Waals surface area contributed by atoms with E-state index in [-0.39, 0.29) is 0 Å². The topological polar surface area (TPSA) is 88.6 Å². The second-order valence-electron chi connectivity index (χ2n) is 3.16. The third-order valence-electron chi connectivity index (χ3n) is 2.02. The molecule has 0 saturated carbocycles. The van der Waals surface area contributed by atoms with E-state index in [9.17, 15) is 0 Å². The molecule has 0 radical (unpaired) electrons. The van der Waals surface area contributed by atoms with Crippen molar-refractivity contribution in [3.63, 3.8) is 0 Å². The van der Waals surface area contributed by atoms with Crippen molar-refractivity contribution in [2.24, 2.45) is 0 Å². The second kappa shape index (κ2) is 5.58. The van der Waals surface area contributed by atoms with E-state index in [0.29, 0.717) is 18.4 Å². The maximum absolute atomic E-state index is 5.07. The van der Waals surface area contributed by atoms with E-state index in [4.69, 9.17) is 4.74 Å². The predicted octanol–water partition coefficient (Wildman–Crippen LogP) is 1.02. The molecule has 90 valence electrons. The zero-order valence-electron chi connectivity index (χ0n) is 9.14. The van der Waals surface area contributed by atoms with Crippen LogP contribution in [0.5, 0.6) is 5.88 Å². The summed E-state index contributed by atoms with van der Waals surface area (Å²) >= 11 is 3.29. The molecule has 0 saturated heterocycles. The number of nitrogens with zero attached hydrogens (tertiary/aromatic N) is 4. The molecule has 0 aliphatic heterocycles. The molecule has 17 heavy (non-hydrogen) atoms. The van der Waals surface area contributed by atoms with Gasteiger partial charge in [0.05, 0.1) is 17.8 Å². The molecule has 0 aliphatic rings. The van der Waals surface area contributed by atoms with Gasteiger partial charge in [-0.2, -0.15) is 10.1 Å². The average molecular weight is 299 g/mol. The molecule has 2 heterocycles. The SMILES string of the molecule is COc1nc(NCCc2ncn[nH]2)ncc1Br. The molecule has 8 heteroatoms. The zero-order chi connectivity index (χ0) is 12.1. The molecule has 0 aromatic carbocycles. The van der Waals surface area contributed by atoms with Crippen LogP contribution in [-0.4, -0.2) is 38.8 Å². The molecule has 0 amide bonds. The highest BCUT2D eigenvalue weighted by molar-refractivity contribution is 9.10. The van der Waals surface area contributed by atoms with Gasteiger partial charge in [0.2, 0.25) is 11.8 Å². The first kappa shape index (κ1) is 11.8. The molecule has 0 fully saturated rings. The van der Waals surface area contributed by atoms with Crippen molar-refractivity contribution in [1.29, 1.82) is 0 Å². The normalized spacial score (nSPS) is 10.2. The first-order valence-electron chi connectivity index (χ1n) is 4.94. The first-order chi connectivity index (χ1) is 8.29. The average Bonchev–Trinajstić information content (AvgIpc) is 2.84. The number of halogens is 1. The monoisotopic (exact) mass is 298 g/mol. The van der Waals surface area contributed by atoms with Gasteiger partial charge >= 0.3 is 0 Å². The minimum absolute atomic E-state index is 0.502. The van der Waals surface area contributed by atoms with Gasteiger partial charge in [-0.3, -0.25) is 5.10 Å². The van der Waals surface area contributed by atoms with Gasteiger partial charge in [0, 0.05) is 13.0 Å². The number of aromatic nitrogens is 5. The molecular weight excluding hydrogens is 288 g/mol. The van der Waals surface area contributed by atoms with Crippen molar-refractivity contribution < 1.29 is 4.74 Å². The lowest BCUT2D eigenvalue weighted by Crippen LogP contribution is -2.09. The molecule has 2 aromatic rings. The maximum atomic E-state index is 5.07. The van der Waals surface area contributed by atoms with Crippen molar-refractivity contribution in [2.75, 3.05) is 19.0 Å². The number of anilines is 1. The Kier molecular flexibility index (Phi) is 3.86. The molecule has 0 bridgehead atoms. The predicted molar refractivity (Wildman–Crippen MR) is 64.9 cm³/mol. The first-order valence-corrected chi connectivity index (χ1v) is 5.73. The third kappa shape index (κ3) is 3.13. The summed E-state index contributed by atoms with van der Waals surface area (Å²) in [4.78, 5) is 12.3. The van der Waals surface area contributed by atoms with Gasteiger partial charge < -0.3 is 10.1 Å². The number of H-pyrrole nitrogens is 1. The summed E-state index contributed by atoms with van der Waals surface area (Å²) < 4.78 is 5.79. The molecule has 2 aromatic heterocycles. The van der Waals surface area contributed by atoms with Crippen LogP contribution in [0.15, 0.2) is 17.0 Å². The molecule has 2 rings (SSSR count). The van der Waals surface area contributed by atoms with Crippen LogP contribution in [0, 0.1) is 0 Å². The van der Waals surface area contributed by atoms with Gasteiger partial charge in [0.1, 0.15) is 12.2 Å². The fourth-order valence-corrected chi connectivity index (χ4v) is 1.58. The van der Waals surface area contributed by atoms with E-state index in [1.54, 1.807) is 13.3 Å². The Morgan fingerprint density at radius 1 is 1.47 bits per heavy atom. The molecule has 7 nitrogen and oxygen atoms in total. The van der Waals surface area contributed by atoms with Crippen LogP contribution in [-0.2, 0) is 6.42 Å². The van der Waals surface area contributed by atoms with Gasteiger partial charge in [-0.1, -0.05) is 0 Å². The van der Waals surface area contributed by atoms with Gasteiger partial charge in [-0.15, -0.1) is 0 Å². The Balaban J connectivity index is 1.90. The second-order valence-corrected chi connectivity index (χ2v) is 4.01. The quantitative estimate of drug-likeness (QED) is 0.857. The molecule has 0 unspecified atom stereocenters. The Labute approximate surface area is 106 Å². The van der Waals surface area contributed by atoms with Crippen molar-refractivity contribution >= 4 is 21.9 Å². The number of rotatable bonds is 5. The lowest BCUT2D eigenvalue weighted by Gasteiger charge is -2.06. The molecular formula is C9H11BrN6O. The summed E-state index contributed by atoms with van der Waals surface area (Å²) in [6, 6.07) is 0. The highest BCUT2D eigenvalue weighted by Gasteiger charge is 2.04. The van der Waals surface area contributed by atoms with Crippen LogP contribution >= 0.6 is 15.9 Å². The minimum Gasteiger partial charge on any atom is -0.480 e. The number of aromatic amines is 1. The van der Waals surface area contributed by atoms with Crippen LogP contribution in [0.3, 0.4) is 0 Å². The summed E-state index contributed by atoms with van der Waals surface area (Å²) in [5, 5.41) is 9.62. The molecule has 2 N–H and O–H groups in total. The smallest absolute Gasteiger partial charge is 0.232 e. The Morgan fingerprint density at radius 2 is 2.35 bits per heavy atom. The fraction of sp³-hybridized carbons (Fsp3) is 0.333. The maximum Gasteiger partial charge on any atom is 0.232 e. The number of methoxy groups -OCH3 is 1. The zero-order valence-corrected chi connectivity index (χ0v) is 10.7. The van der Waals surface area contributed by atoms with Gasteiger partial charge in [0.15, 0.2) is 0 Å². The molecule has 0 atom stereocenters. The standard InChI is InChI=1S/C9H11BrN6O/c1-17-8-6(10)4-12-9(15-8)11-3-2-7-13-5-14-16-7/h4-5H,2-3H2,1H3,(H,11,12,15)(H,13,14,16). The number of ether oxygens (including phenoxy) is 1. The van der Waals surface area contributed by atoms with Crippen molar-refractivity contribution in [1.82, 2.24) is 25.1 Å². The number of hydrogen-bond acceptors (Lipinski definition) is 6. The lowest BCUT2D eigenvalue weighted by atomic mass is 10.4. The Bertz CT molecular complexity index is 474. The van der Waals surface area contributed by atoms with Crippen LogP contribution < -0.4 is 10.1 Å². The Morgan fingerprint density at radius 3 is 3.06 bits per heavy atom. The molecule has 0 aliphatic carbocycles. The van der Waals surface area contributed by atoms with Crippen molar-refractivity contribution in [2.45, 2.75) is 6.42 Å². The number of nitrogens with one attached hydrogen (secondary N) is 2. The van der Waals surface area contributed by atoms with Crippen LogP contribution in [0.2, 0.25) is 0 Å². The lowest BCUT2D eigenvalue weighted by molar-refractivity contribution is 0.394. The van der Waals surface area contributed by atoms with Crippen molar-refractivity contribution in [3.05, 3.63) is 22.8 Å². The highest BCUT2D eigenvalue weighted by Crippen LogP contribution is 2.21. The van der Waals surface area contributed by atoms with Crippen LogP contribution in [0.4, 0.5) is 5.95 Å². The van der Waals surface area contributed by atoms with E-state index in [1.165, 1.54) is 6.33 Å². The number of hydrogen-bond donors (Lipinski definition) is 2. The van der Waals surface area contributed by atoms with E-state index in [0.717, 1.165) is 16.7 Å². The van der Waals surface area contributed by atoms with Gasteiger partial charge in [-0.25, -0.2) is 9.97 Å². The minimum atomic E-state index is 0.502. The van der Waals surface area contributed by atoms with Crippen LogP contribution in [0.1, 0.15) is 5.82 Å². The van der Waals surface area contributed by atoms with E-state index < -0.39 is 0 Å². The summed E-state index contributed by atoms with van der Waals surface area (Å²) in [7, 11) is 1.56. The van der Waals surface area contributed by atoms with E-state index >= 15 is 0 Å².